The van der Waals surface area contributed by atoms with Crippen LogP contribution in [0.5, 0.6) is 11.5 Å². The highest BCUT2D eigenvalue weighted by Gasteiger charge is 2.11. The van der Waals surface area contributed by atoms with Gasteiger partial charge in [0, 0.05) is 11.4 Å². The second-order valence-electron chi connectivity index (χ2n) is 4.31. The smallest absolute Gasteiger partial charge is 0.339 e. The predicted molar refractivity (Wildman–Crippen MR) is 80.5 cm³/mol. The van der Waals surface area contributed by atoms with Crippen molar-refractivity contribution >= 4 is 17.6 Å². The molecule has 0 saturated heterocycles. The summed E-state index contributed by atoms with van der Waals surface area (Å²) in [6.45, 7) is 0.848. The zero-order valence-corrected chi connectivity index (χ0v) is 12.0. The van der Waals surface area contributed by atoms with Gasteiger partial charge < -0.3 is 14.6 Å². The molecule has 0 spiro atoms. The molecule has 2 rings (SSSR count). The van der Waals surface area contributed by atoms with Gasteiger partial charge in [-0.3, -0.25) is 0 Å². The van der Waals surface area contributed by atoms with Crippen LogP contribution >= 0.6 is 11.6 Å². The number of carboxylic acid groups (broad SMARTS) is 1. The van der Waals surface area contributed by atoms with Crippen molar-refractivity contribution in [1.29, 1.82) is 0 Å². The molecule has 110 valence electrons. The molecule has 0 radical (unpaired) electrons. The fraction of sp³-hybridized carbons (Fsp3) is 0.188. The lowest BCUT2D eigenvalue weighted by molar-refractivity contribution is 0.0692. The van der Waals surface area contributed by atoms with Gasteiger partial charge in [0.15, 0.2) is 0 Å². The summed E-state index contributed by atoms with van der Waals surface area (Å²) in [5.41, 5.74) is 0.100. The van der Waals surface area contributed by atoms with E-state index in [-0.39, 0.29) is 11.3 Å². The van der Waals surface area contributed by atoms with Gasteiger partial charge in [-0.15, -0.1) is 0 Å². The highest BCUT2D eigenvalue weighted by atomic mass is 35.5. The van der Waals surface area contributed by atoms with Crippen molar-refractivity contribution in [2.75, 3.05) is 13.2 Å². The Morgan fingerprint density at radius 2 is 1.76 bits per heavy atom. The summed E-state index contributed by atoms with van der Waals surface area (Å²) in [5, 5.41) is 9.50. The minimum absolute atomic E-state index is 0.100. The minimum Gasteiger partial charge on any atom is -0.493 e. The summed E-state index contributed by atoms with van der Waals surface area (Å²) in [7, 11) is 0. The molecule has 0 aliphatic rings. The molecular formula is C16H15ClO4. The molecule has 0 amide bonds. The Kier molecular flexibility index (Phi) is 5.46. The maximum absolute atomic E-state index is 11.1. The van der Waals surface area contributed by atoms with Crippen LogP contribution in [0.2, 0.25) is 5.02 Å². The average Bonchev–Trinajstić information content (AvgIpc) is 2.48. The molecule has 0 bridgehead atoms. The summed E-state index contributed by atoms with van der Waals surface area (Å²) in [4.78, 5) is 11.1. The van der Waals surface area contributed by atoms with E-state index in [0.29, 0.717) is 24.7 Å². The molecule has 0 aliphatic heterocycles. The first-order chi connectivity index (χ1) is 10.2. The van der Waals surface area contributed by atoms with Crippen LogP contribution in [-0.2, 0) is 0 Å². The fourth-order valence-corrected chi connectivity index (χ4v) is 1.90. The van der Waals surface area contributed by atoms with Crippen LogP contribution in [0.15, 0.2) is 48.5 Å². The number of carboxylic acids is 1. The Balaban J connectivity index is 1.81. The van der Waals surface area contributed by atoms with E-state index in [4.69, 9.17) is 26.2 Å². The van der Waals surface area contributed by atoms with E-state index in [1.165, 1.54) is 18.2 Å². The number of aromatic carboxylic acids is 1. The fourth-order valence-electron chi connectivity index (χ4n) is 1.74. The lowest BCUT2D eigenvalue weighted by atomic mass is 10.2. The van der Waals surface area contributed by atoms with E-state index >= 15 is 0 Å². The standard InChI is InChI=1S/C16H15ClO4/c17-12-7-8-14(16(18)19)15(11-12)21-10-4-9-20-13-5-2-1-3-6-13/h1-3,5-8,11H,4,9-10H2,(H,18,19). The second kappa shape index (κ2) is 7.55. The number of para-hydroxylation sites is 1. The molecule has 2 aromatic rings. The van der Waals surface area contributed by atoms with Crippen molar-refractivity contribution < 1.29 is 19.4 Å². The van der Waals surface area contributed by atoms with Gasteiger partial charge in [-0.2, -0.15) is 0 Å². The Morgan fingerprint density at radius 3 is 2.48 bits per heavy atom. The summed E-state index contributed by atoms with van der Waals surface area (Å²) in [6.07, 6.45) is 0.639. The largest absolute Gasteiger partial charge is 0.493 e. The lowest BCUT2D eigenvalue weighted by Crippen LogP contribution is -2.08. The summed E-state index contributed by atoms with van der Waals surface area (Å²) < 4.78 is 11.0. The Labute approximate surface area is 127 Å². The number of ether oxygens (including phenoxy) is 2. The first-order valence-electron chi connectivity index (χ1n) is 6.50. The van der Waals surface area contributed by atoms with E-state index in [1.807, 2.05) is 30.3 Å². The van der Waals surface area contributed by atoms with E-state index in [0.717, 1.165) is 5.75 Å². The maximum Gasteiger partial charge on any atom is 0.339 e. The van der Waals surface area contributed by atoms with Crippen LogP contribution < -0.4 is 9.47 Å². The molecule has 0 heterocycles. The van der Waals surface area contributed by atoms with Gasteiger partial charge in [-0.05, 0) is 30.3 Å². The minimum atomic E-state index is -1.04. The quantitative estimate of drug-likeness (QED) is 0.789. The number of rotatable bonds is 7. The topological polar surface area (TPSA) is 55.8 Å². The van der Waals surface area contributed by atoms with Crippen LogP contribution in [0.3, 0.4) is 0 Å². The van der Waals surface area contributed by atoms with Crippen LogP contribution in [0.4, 0.5) is 0 Å². The first kappa shape index (κ1) is 15.2. The zero-order chi connectivity index (χ0) is 15.1. The first-order valence-corrected chi connectivity index (χ1v) is 6.88. The number of hydrogen-bond donors (Lipinski definition) is 1. The highest BCUT2D eigenvalue weighted by Crippen LogP contribution is 2.23. The SMILES string of the molecule is O=C(O)c1ccc(Cl)cc1OCCCOc1ccccc1. The second-order valence-corrected chi connectivity index (χ2v) is 4.75. The molecule has 0 unspecified atom stereocenters. The molecule has 4 nitrogen and oxygen atoms in total. The van der Waals surface area contributed by atoms with Crippen LogP contribution in [-0.4, -0.2) is 24.3 Å². The molecule has 0 saturated carbocycles. The average molecular weight is 307 g/mol. The van der Waals surface area contributed by atoms with Gasteiger partial charge in [0.05, 0.1) is 13.2 Å². The third-order valence-electron chi connectivity index (χ3n) is 2.73. The Hall–Kier alpha value is -2.20. The lowest BCUT2D eigenvalue weighted by Gasteiger charge is -2.10. The van der Waals surface area contributed by atoms with E-state index in [9.17, 15) is 4.79 Å². The summed E-state index contributed by atoms with van der Waals surface area (Å²) in [6, 6.07) is 13.9. The molecule has 1 N–H and O–H groups in total. The molecule has 0 aliphatic carbocycles. The van der Waals surface area contributed by atoms with Gasteiger partial charge >= 0.3 is 5.97 Å². The van der Waals surface area contributed by atoms with Crippen LogP contribution in [0.1, 0.15) is 16.8 Å². The zero-order valence-electron chi connectivity index (χ0n) is 11.3. The van der Waals surface area contributed by atoms with Crippen molar-refractivity contribution in [3.05, 3.63) is 59.1 Å². The molecule has 21 heavy (non-hydrogen) atoms. The van der Waals surface area contributed by atoms with Crippen molar-refractivity contribution in [2.24, 2.45) is 0 Å². The van der Waals surface area contributed by atoms with Gasteiger partial charge in [-0.1, -0.05) is 29.8 Å². The maximum atomic E-state index is 11.1. The van der Waals surface area contributed by atoms with E-state index < -0.39 is 5.97 Å². The molecule has 5 heteroatoms. The van der Waals surface area contributed by atoms with Crippen molar-refractivity contribution in [3.8, 4) is 11.5 Å². The summed E-state index contributed by atoms with van der Waals surface area (Å²) in [5.74, 6) is 0.0309. The van der Waals surface area contributed by atoms with Crippen molar-refractivity contribution in [1.82, 2.24) is 0 Å². The van der Waals surface area contributed by atoms with Crippen LogP contribution in [0, 0.1) is 0 Å². The molecule has 2 aromatic carbocycles. The third-order valence-corrected chi connectivity index (χ3v) is 2.97. The number of halogens is 1. The Morgan fingerprint density at radius 1 is 1.05 bits per heavy atom. The summed E-state index contributed by atoms with van der Waals surface area (Å²) >= 11 is 5.84. The van der Waals surface area contributed by atoms with Crippen molar-refractivity contribution in [2.45, 2.75) is 6.42 Å². The molecule has 0 atom stereocenters. The molecular weight excluding hydrogens is 292 g/mol. The third kappa shape index (κ3) is 4.68. The van der Waals surface area contributed by atoms with Crippen molar-refractivity contribution in [3.63, 3.8) is 0 Å². The Bertz CT molecular complexity index is 598. The molecule has 0 aromatic heterocycles. The predicted octanol–water partition coefficient (Wildman–Crippen LogP) is 3.89. The van der Waals surface area contributed by atoms with Gasteiger partial charge in [-0.25, -0.2) is 4.79 Å². The van der Waals surface area contributed by atoms with Crippen LogP contribution in [0.25, 0.3) is 0 Å². The molecule has 0 fully saturated rings. The normalized spacial score (nSPS) is 10.1. The van der Waals surface area contributed by atoms with E-state index in [1.54, 1.807) is 0 Å². The highest BCUT2D eigenvalue weighted by molar-refractivity contribution is 6.30. The monoisotopic (exact) mass is 306 g/mol. The van der Waals surface area contributed by atoms with Gasteiger partial charge in [0.25, 0.3) is 0 Å². The number of benzene rings is 2. The number of hydrogen-bond acceptors (Lipinski definition) is 3. The van der Waals surface area contributed by atoms with Gasteiger partial charge in [0.2, 0.25) is 0 Å². The van der Waals surface area contributed by atoms with Gasteiger partial charge in [0.1, 0.15) is 17.1 Å². The number of carbonyl (C=O) groups is 1. The van der Waals surface area contributed by atoms with E-state index in [2.05, 4.69) is 0 Å².